The summed E-state index contributed by atoms with van der Waals surface area (Å²) in [5.41, 5.74) is 0. The highest BCUT2D eigenvalue weighted by atomic mass is 32.1. The maximum Gasteiger partial charge on any atom is 0.315 e. The SMILES string of the molecule is CC(O)COC(=O)CS. The van der Waals surface area contributed by atoms with Crippen LogP contribution in [0.3, 0.4) is 0 Å². The average molecular weight is 150 g/mol. The Hall–Kier alpha value is -0.220. The highest BCUT2D eigenvalue weighted by molar-refractivity contribution is 7.81. The summed E-state index contributed by atoms with van der Waals surface area (Å²) in [6.07, 6.45) is -0.589. The van der Waals surface area contributed by atoms with Crippen molar-refractivity contribution in [3.8, 4) is 0 Å². The zero-order valence-corrected chi connectivity index (χ0v) is 6.10. The quantitative estimate of drug-likeness (QED) is 0.434. The lowest BCUT2D eigenvalue weighted by molar-refractivity contribution is -0.143. The predicted octanol–water partition coefficient (Wildman–Crippen LogP) is -0.160. The average Bonchev–Trinajstić information content (AvgIpc) is 1.83. The number of carbonyl (C=O) groups is 1. The number of aliphatic hydroxyl groups excluding tert-OH is 1. The molecule has 0 radical (unpaired) electrons. The summed E-state index contributed by atoms with van der Waals surface area (Å²) in [5, 5.41) is 8.59. The fraction of sp³-hybridized carbons (Fsp3) is 0.800. The summed E-state index contributed by atoms with van der Waals surface area (Å²) in [6, 6.07) is 0. The molecule has 0 heterocycles. The zero-order valence-electron chi connectivity index (χ0n) is 5.20. The maximum atomic E-state index is 10.3. The Labute approximate surface area is 59.4 Å². The molecule has 0 aromatic rings. The third kappa shape index (κ3) is 5.65. The Morgan fingerprint density at radius 1 is 1.89 bits per heavy atom. The van der Waals surface area contributed by atoms with Crippen molar-refractivity contribution in [1.29, 1.82) is 0 Å². The van der Waals surface area contributed by atoms with Crippen LogP contribution >= 0.6 is 12.6 Å². The molecule has 0 aromatic heterocycles. The van der Waals surface area contributed by atoms with E-state index in [1.165, 1.54) is 0 Å². The van der Waals surface area contributed by atoms with Crippen LogP contribution in [0.2, 0.25) is 0 Å². The minimum atomic E-state index is -0.589. The number of esters is 1. The molecule has 0 amide bonds. The molecule has 0 aromatic carbocycles. The number of aliphatic hydroxyl groups is 1. The van der Waals surface area contributed by atoms with Crippen LogP contribution < -0.4 is 0 Å². The summed E-state index contributed by atoms with van der Waals surface area (Å²) in [5.74, 6) is -0.341. The first-order chi connectivity index (χ1) is 4.16. The second-order valence-electron chi connectivity index (χ2n) is 1.69. The first-order valence-corrected chi connectivity index (χ1v) is 3.24. The molecule has 0 saturated heterocycles. The van der Waals surface area contributed by atoms with Crippen molar-refractivity contribution >= 4 is 18.6 Å². The van der Waals surface area contributed by atoms with Crippen molar-refractivity contribution in [3.63, 3.8) is 0 Å². The maximum absolute atomic E-state index is 10.3. The second kappa shape index (κ2) is 4.64. The molecule has 1 N–H and O–H groups in total. The van der Waals surface area contributed by atoms with Gasteiger partial charge in [-0.25, -0.2) is 0 Å². The van der Waals surface area contributed by atoms with Gasteiger partial charge in [0.1, 0.15) is 6.61 Å². The Bertz CT molecular complexity index is 92.2. The van der Waals surface area contributed by atoms with E-state index in [9.17, 15) is 4.79 Å². The van der Waals surface area contributed by atoms with Crippen molar-refractivity contribution in [1.82, 2.24) is 0 Å². The van der Waals surface area contributed by atoms with E-state index < -0.39 is 12.1 Å². The summed E-state index contributed by atoms with van der Waals surface area (Å²) in [7, 11) is 0. The van der Waals surface area contributed by atoms with Crippen LogP contribution in [0.5, 0.6) is 0 Å². The molecule has 4 heteroatoms. The summed E-state index contributed by atoms with van der Waals surface area (Å²) in [4.78, 5) is 10.3. The van der Waals surface area contributed by atoms with E-state index in [0.29, 0.717) is 0 Å². The van der Waals surface area contributed by atoms with E-state index in [-0.39, 0.29) is 12.4 Å². The number of hydrogen-bond acceptors (Lipinski definition) is 4. The van der Waals surface area contributed by atoms with Gasteiger partial charge in [0.05, 0.1) is 11.9 Å². The molecular weight excluding hydrogens is 140 g/mol. The molecular formula is C5H10O3S. The van der Waals surface area contributed by atoms with Crippen molar-refractivity contribution in [2.24, 2.45) is 0 Å². The third-order valence-electron chi connectivity index (χ3n) is 0.615. The number of rotatable bonds is 3. The summed E-state index contributed by atoms with van der Waals surface area (Å²) >= 11 is 3.66. The Kier molecular flexibility index (Phi) is 4.53. The summed E-state index contributed by atoms with van der Waals surface area (Å²) < 4.78 is 4.49. The first-order valence-electron chi connectivity index (χ1n) is 2.61. The van der Waals surface area contributed by atoms with Crippen molar-refractivity contribution in [2.45, 2.75) is 13.0 Å². The number of hydrogen-bond donors (Lipinski definition) is 2. The number of thiol groups is 1. The van der Waals surface area contributed by atoms with Crippen LogP contribution in [0.4, 0.5) is 0 Å². The van der Waals surface area contributed by atoms with Gasteiger partial charge < -0.3 is 9.84 Å². The van der Waals surface area contributed by atoms with Gasteiger partial charge in [0, 0.05) is 0 Å². The van der Waals surface area contributed by atoms with Gasteiger partial charge in [-0.05, 0) is 6.92 Å². The van der Waals surface area contributed by atoms with Crippen LogP contribution in [0.25, 0.3) is 0 Å². The lowest BCUT2D eigenvalue weighted by Crippen LogP contribution is -2.15. The topological polar surface area (TPSA) is 46.5 Å². The zero-order chi connectivity index (χ0) is 7.28. The fourth-order valence-electron chi connectivity index (χ4n) is 0.259. The van der Waals surface area contributed by atoms with Gasteiger partial charge in [-0.1, -0.05) is 0 Å². The van der Waals surface area contributed by atoms with E-state index in [4.69, 9.17) is 5.11 Å². The van der Waals surface area contributed by atoms with Gasteiger partial charge in [0.25, 0.3) is 0 Å². The highest BCUT2D eigenvalue weighted by Crippen LogP contribution is 1.85. The van der Waals surface area contributed by atoms with Crippen LogP contribution in [0, 0.1) is 0 Å². The Morgan fingerprint density at radius 3 is 2.78 bits per heavy atom. The van der Waals surface area contributed by atoms with Gasteiger partial charge in [-0.3, -0.25) is 4.79 Å². The number of ether oxygens (including phenoxy) is 1. The lowest BCUT2D eigenvalue weighted by Gasteiger charge is -2.03. The van der Waals surface area contributed by atoms with Gasteiger partial charge in [0.15, 0.2) is 0 Å². The Morgan fingerprint density at radius 2 is 2.44 bits per heavy atom. The molecule has 54 valence electrons. The molecule has 3 nitrogen and oxygen atoms in total. The molecule has 0 saturated carbocycles. The van der Waals surface area contributed by atoms with Gasteiger partial charge in [-0.15, -0.1) is 0 Å². The van der Waals surface area contributed by atoms with Crippen molar-refractivity contribution in [3.05, 3.63) is 0 Å². The smallest absolute Gasteiger partial charge is 0.315 e. The molecule has 0 bridgehead atoms. The predicted molar refractivity (Wildman–Crippen MR) is 36.5 cm³/mol. The van der Waals surface area contributed by atoms with Gasteiger partial charge in [-0.2, -0.15) is 12.6 Å². The normalized spacial score (nSPS) is 12.8. The lowest BCUT2D eigenvalue weighted by atomic mass is 10.4. The van der Waals surface area contributed by atoms with Crippen LogP contribution in [-0.4, -0.2) is 29.5 Å². The van der Waals surface area contributed by atoms with Gasteiger partial charge in [0.2, 0.25) is 0 Å². The summed E-state index contributed by atoms with van der Waals surface area (Å²) in [6.45, 7) is 1.60. The molecule has 0 aliphatic carbocycles. The van der Waals surface area contributed by atoms with E-state index >= 15 is 0 Å². The van der Waals surface area contributed by atoms with Crippen LogP contribution in [-0.2, 0) is 9.53 Å². The molecule has 9 heavy (non-hydrogen) atoms. The van der Waals surface area contributed by atoms with Crippen molar-refractivity contribution < 1.29 is 14.6 Å². The first kappa shape index (κ1) is 8.78. The van der Waals surface area contributed by atoms with E-state index in [2.05, 4.69) is 17.4 Å². The van der Waals surface area contributed by atoms with E-state index in [1.54, 1.807) is 6.92 Å². The largest absolute Gasteiger partial charge is 0.462 e. The Balaban J connectivity index is 3.17. The van der Waals surface area contributed by atoms with E-state index in [0.717, 1.165) is 0 Å². The molecule has 1 atom stereocenters. The molecule has 0 fully saturated rings. The van der Waals surface area contributed by atoms with Crippen molar-refractivity contribution in [2.75, 3.05) is 12.4 Å². The van der Waals surface area contributed by atoms with Gasteiger partial charge >= 0.3 is 5.97 Å². The molecule has 0 aliphatic heterocycles. The second-order valence-corrected chi connectivity index (χ2v) is 2.01. The number of carbonyl (C=O) groups excluding carboxylic acids is 1. The molecule has 1 unspecified atom stereocenters. The fourth-order valence-corrected chi connectivity index (χ4v) is 0.350. The molecule has 0 spiro atoms. The minimum absolute atomic E-state index is 0.0550. The molecule has 0 aliphatic rings. The van der Waals surface area contributed by atoms with Crippen LogP contribution in [0.15, 0.2) is 0 Å². The highest BCUT2D eigenvalue weighted by Gasteiger charge is 2.00. The standard InChI is InChI=1S/C5H10O3S/c1-4(6)2-8-5(7)3-9/h4,6,9H,2-3H2,1H3. The third-order valence-corrected chi connectivity index (χ3v) is 0.873. The van der Waals surface area contributed by atoms with E-state index in [1.807, 2.05) is 0 Å². The van der Waals surface area contributed by atoms with Crippen LogP contribution in [0.1, 0.15) is 6.92 Å². The monoisotopic (exact) mass is 150 g/mol. The molecule has 0 rings (SSSR count). The minimum Gasteiger partial charge on any atom is -0.462 e.